The summed E-state index contributed by atoms with van der Waals surface area (Å²) in [5.41, 5.74) is 1.66. The Kier molecular flexibility index (Phi) is 8.11. The van der Waals surface area contributed by atoms with E-state index in [1.165, 1.54) is 5.57 Å². The molecular weight excluding hydrogens is 328 g/mol. The Labute approximate surface area is 159 Å². The molecule has 0 heterocycles. The maximum atomic E-state index is 12.4. The molecule has 26 heavy (non-hydrogen) atoms. The summed E-state index contributed by atoms with van der Waals surface area (Å²) in [5, 5.41) is 0. The lowest BCUT2D eigenvalue weighted by Crippen LogP contribution is -2.31. The van der Waals surface area contributed by atoms with Gasteiger partial charge in [0, 0.05) is 0 Å². The van der Waals surface area contributed by atoms with Crippen molar-refractivity contribution < 1.29 is 19.1 Å². The van der Waals surface area contributed by atoms with E-state index in [9.17, 15) is 9.59 Å². The second kappa shape index (κ2) is 9.38. The molecule has 1 aliphatic carbocycles. The van der Waals surface area contributed by atoms with Crippen LogP contribution in [0.15, 0.2) is 23.8 Å². The van der Waals surface area contributed by atoms with Crippen LogP contribution in [0.1, 0.15) is 67.7 Å². The molecule has 1 rings (SSSR count). The van der Waals surface area contributed by atoms with E-state index in [1.54, 1.807) is 6.92 Å². The molecule has 0 aromatic carbocycles. The van der Waals surface area contributed by atoms with Crippen molar-refractivity contribution in [2.75, 3.05) is 13.2 Å². The number of esters is 2. The van der Waals surface area contributed by atoms with Crippen molar-refractivity contribution >= 4 is 11.9 Å². The Hall–Kier alpha value is -1.58. The molecule has 148 valence electrons. The van der Waals surface area contributed by atoms with Crippen LogP contribution in [0.4, 0.5) is 0 Å². The summed E-state index contributed by atoms with van der Waals surface area (Å²) in [6.45, 7) is 15.3. The number of allylic oxidation sites excluding steroid dienone is 3. The highest BCUT2D eigenvalue weighted by atomic mass is 16.6. The summed E-state index contributed by atoms with van der Waals surface area (Å²) in [4.78, 5) is 23.8. The number of hydrogen-bond acceptors (Lipinski definition) is 4. The Morgan fingerprint density at radius 3 is 2.35 bits per heavy atom. The minimum absolute atomic E-state index is 0.114. The molecule has 0 N–H and O–H groups in total. The smallest absolute Gasteiger partial charge is 0.344 e. The van der Waals surface area contributed by atoms with Crippen LogP contribution in [0.25, 0.3) is 0 Å². The standard InChI is InChI=1S/C22H36O4/c1-8-22(6,7)14-18(21(3,4)5)16-11-10-12-17(13-16)20(24)26-15-19(23)25-9-2/h10-12,17-18H,8-9,13-15H2,1-7H3. The lowest BCUT2D eigenvalue weighted by atomic mass is 9.65. The van der Waals surface area contributed by atoms with Crippen molar-refractivity contribution in [3.63, 3.8) is 0 Å². The third-order valence-corrected chi connectivity index (χ3v) is 5.26. The average molecular weight is 365 g/mol. The first-order valence-corrected chi connectivity index (χ1v) is 9.69. The molecule has 1 aliphatic rings. The minimum Gasteiger partial charge on any atom is -0.463 e. The second-order valence-electron chi connectivity index (χ2n) is 8.99. The maximum Gasteiger partial charge on any atom is 0.344 e. The van der Waals surface area contributed by atoms with Crippen LogP contribution in [0, 0.1) is 22.7 Å². The molecule has 4 nitrogen and oxygen atoms in total. The third kappa shape index (κ3) is 6.97. The first kappa shape index (κ1) is 22.5. The molecule has 2 unspecified atom stereocenters. The molecular formula is C22H36O4. The van der Waals surface area contributed by atoms with Crippen LogP contribution in [-0.2, 0) is 19.1 Å². The second-order valence-corrected chi connectivity index (χ2v) is 8.99. The van der Waals surface area contributed by atoms with Gasteiger partial charge in [-0.05, 0) is 36.5 Å². The molecule has 0 radical (unpaired) electrons. The van der Waals surface area contributed by atoms with Gasteiger partial charge < -0.3 is 9.47 Å². The van der Waals surface area contributed by atoms with Gasteiger partial charge in [0.25, 0.3) is 0 Å². The highest BCUT2D eigenvalue weighted by Gasteiger charge is 2.35. The van der Waals surface area contributed by atoms with Crippen molar-refractivity contribution in [3.8, 4) is 0 Å². The molecule has 0 amide bonds. The lowest BCUT2D eigenvalue weighted by Gasteiger charge is -2.39. The highest BCUT2D eigenvalue weighted by molar-refractivity contribution is 5.79. The minimum atomic E-state index is -0.506. The highest BCUT2D eigenvalue weighted by Crippen LogP contribution is 2.44. The van der Waals surface area contributed by atoms with E-state index in [2.05, 4.69) is 47.6 Å². The van der Waals surface area contributed by atoms with Gasteiger partial charge in [-0.3, -0.25) is 4.79 Å². The quantitative estimate of drug-likeness (QED) is 0.563. The van der Waals surface area contributed by atoms with Gasteiger partial charge in [0.15, 0.2) is 6.61 Å². The van der Waals surface area contributed by atoms with Gasteiger partial charge >= 0.3 is 11.9 Å². The molecule has 2 atom stereocenters. The Morgan fingerprint density at radius 2 is 1.81 bits per heavy atom. The Morgan fingerprint density at radius 1 is 1.15 bits per heavy atom. The van der Waals surface area contributed by atoms with E-state index in [0.29, 0.717) is 12.3 Å². The molecule has 4 heteroatoms. The fraction of sp³-hybridized carbons (Fsp3) is 0.727. The molecule has 0 bridgehead atoms. The zero-order valence-electron chi connectivity index (χ0n) is 17.6. The summed E-state index contributed by atoms with van der Waals surface area (Å²) >= 11 is 0. The van der Waals surface area contributed by atoms with Crippen LogP contribution in [-0.4, -0.2) is 25.2 Å². The molecule has 0 saturated heterocycles. The number of carbonyl (C=O) groups is 2. The van der Waals surface area contributed by atoms with Crippen LogP contribution in [0.2, 0.25) is 0 Å². The summed E-state index contributed by atoms with van der Waals surface area (Å²) < 4.78 is 9.94. The fourth-order valence-corrected chi connectivity index (χ4v) is 3.25. The van der Waals surface area contributed by atoms with Gasteiger partial charge in [0.2, 0.25) is 0 Å². The predicted molar refractivity (Wildman–Crippen MR) is 105 cm³/mol. The number of ether oxygens (including phenoxy) is 2. The molecule has 0 fully saturated rings. The Balaban J connectivity index is 2.81. The van der Waals surface area contributed by atoms with Crippen LogP contribution in [0.3, 0.4) is 0 Å². The first-order valence-electron chi connectivity index (χ1n) is 9.69. The number of hydrogen-bond donors (Lipinski definition) is 0. The molecule has 0 aliphatic heterocycles. The van der Waals surface area contributed by atoms with Gasteiger partial charge in [-0.15, -0.1) is 0 Å². The summed E-state index contributed by atoms with van der Waals surface area (Å²) in [6.07, 6.45) is 8.82. The van der Waals surface area contributed by atoms with Crippen LogP contribution >= 0.6 is 0 Å². The van der Waals surface area contributed by atoms with Crippen molar-refractivity contribution in [3.05, 3.63) is 23.8 Å². The largest absolute Gasteiger partial charge is 0.463 e. The molecule has 0 aromatic heterocycles. The van der Waals surface area contributed by atoms with Crippen molar-refractivity contribution in [1.29, 1.82) is 0 Å². The van der Waals surface area contributed by atoms with Gasteiger partial charge in [-0.1, -0.05) is 71.8 Å². The van der Waals surface area contributed by atoms with E-state index in [0.717, 1.165) is 12.8 Å². The van der Waals surface area contributed by atoms with E-state index < -0.39 is 5.97 Å². The predicted octanol–water partition coefficient (Wildman–Crippen LogP) is 5.08. The van der Waals surface area contributed by atoms with Gasteiger partial charge in [-0.2, -0.15) is 0 Å². The van der Waals surface area contributed by atoms with Crippen molar-refractivity contribution in [2.24, 2.45) is 22.7 Å². The van der Waals surface area contributed by atoms with E-state index in [-0.39, 0.29) is 35.9 Å². The monoisotopic (exact) mass is 364 g/mol. The average Bonchev–Trinajstić information content (AvgIpc) is 2.57. The lowest BCUT2D eigenvalue weighted by molar-refractivity contribution is -0.160. The van der Waals surface area contributed by atoms with E-state index >= 15 is 0 Å². The van der Waals surface area contributed by atoms with Gasteiger partial charge in [0.1, 0.15) is 0 Å². The third-order valence-electron chi connectivity index (χ3n) is 5.26. The van der Waals surface area contributed by atoms with Crippen LogP contribution in [0.5, 0.6) is 0 Å². The molecule has 0 saturated carbocycles. The number of rotatable bonds is 8. The summed E-state index contributed by atoms with van der Waals surface area (Å²) in [6, 6.07) is 0. The molecule has 0 spiro atoms. The zero-order chi connectivity index (χ0) is 20.0. The summed E-state index contributed by atoms with van der Waals surface area (Å²) in [7, 11) is 0. The zero-order valence-corrected chi connectivity index (χ0v) is 17.6. The maximum absolute atomic E-state index is 12.4. The van der Waals surface area contributed by atoms with Crippen molar-refractivity contribution in [2.45, 2.75) is 67.7 Å². The topological polar surface area (TPSA) is 52.6 Å². The SMILES string of the molecule is CCOC(=O)COC(=O)C1C=CC=C(C(CC(C)(C)CC)C(C)(C)C)C1. The first-order chi connectivity index (χ1) is 12.0. The Bertz CT molecular complexity index is 549. The normalized spacial score (nSPS) is 18.9. The summed E-state index contributed by atoms with van der Waals surface area (Å²) in [5.74, 6) is -0.808. The van der Waals surface area contributed by atoms with Crippen molar-refractivity contribution in [1.82, 2.24) is 0 Å². The number of carbonyl (C=O) groups excluding carboxylic acids is 2. The van der Waals surface area contributed by atoms with E-state index in [1.807, 2.05) is 12.2 Å². The molecule has 0 aromatic rings. The van der Waals surface area contributed by atoms with Gasteiger partial charge in [0.05, 0.1) is 12.5 Å². The van der Waals surface area contributed by atoms with Crippen LogP contribution < -0.4 is 0 Å². The fourth-order valence-electron chi connectivity index (χ4n) is 3.25. The van der Waals surface area contributed by atoms with Gasteiger partial charge in [-0.25, -0.2) is 4.79 Å². The van der Waals surface area contributed by atoms with E-state index in [4.69, 9.17) is 9.47 Å².